The van der Waals surface area contributed by atoms with E-state index in [1.165, 1.54) is 6.33 Å². The quantitative estimate of drug-likeness (QED) is 0.700. The molecule has 0 saturated carbocycles. The van der Waals surface area contributed by atoms with Crippen LogP contribution in [0, 0.1) is 0 Å². The van der Waals surface area contributed by atoms with E-state index in [2.05, 4.69) is 20.3 Å². The van der Waals surface area contributed by atoms with Crippen molar-refractivity contribution in [1.29, 1.82) is 0 Å². The number of hydrogen-bond donors (Lipinski definition) is 1. The van der Waals surface area contributed by atoms with Crippen LogP contribution >= 0.6 is 11.6 Å². The zero-order valence-electron chi connectivity index (χ0n) is 14.6. The lowest BCUT2D eigenvalue weighted by molar-refractivity contribution is 0.355. The highest BCUT2D eigenvalue weighted by Gasteiger charge is 2.10. The van der Waals surface area contributed by atoms with Crippen molar-refractivity contribution in [3.8, 4) is 11.5 Å². The Hall–Kier alpha value is -3.06. The smallest absolute Gasteiger partial charge is 0.234 e. The summed E-state index contributed by atoms with van der Waals surface area (Å²) in [5.74, 6) is 2.19. The molecule has 1 aromatic heterocycles. The van der Waals surface area contributed by atoms with Gasteiger partial charge in [-0.05, 0) is 36.4 Å². The van der Waals surface area contributed by atoms with Crippen LogP contribution in [0.3, 0.4) is 0 Å². The van der Waals surface area contributed by atoms with E-state index in [9.17, 15) is 0 Å². The Morgan fingerprint density at radius 2 is 1.69 bits per heavy atom. The molecule has 0 saturated heterocycles. The number of methoxy groups -OCH3 is 2. The second-order valence-electron chi connectivity index (χ2n) is 5.34. The Morgan fingerprint density at radius 1 is 0.962 bits per heavy atom. The number of benzene rings is 2. The van der Waals surface area contributed by atoms with Crippen molar-refractivity contribution >= 4 is 34.9 Å². The van der Waals surface area contributed by atoms with Crippen LogP contribution in [0.4, 0.5) is 23.3 Å². The Balaban J connectivity index is 1.82. The van der Waals surface area contributed by atoms with Gasteiger partial charge in [-0.3, -0.25) is 0 Å². The van der Waals surface area contributed by atoms with Gasteiger partial charge in [-0.25, -0.2) is 9.97 Å². The highest BCUT2D eigenvalue weighted by Crippen LogP contribution is 2.31. The van der Waals surface area contributed by atoms with Crippen LogP contribution in [-0.4, -0.2) is 36.2 Å². The van der Waals surface area contributed by atoms with Gasteiger partial charge in [-0.15, -0.1) is 0 Å². The van der Waals surface area contributed by atoms with E-state index in [0.29, 0.717) is 28.4 Å². The summed E-state index contributed by atoms with van der Waals surface area (Å²) < 4.78 is 10.5. The molecule has 1 N–H and O–H groups in total. The molecule has 3 aromatic rings. The topological polar surface area (TPSA) is 72.4 Å². The van der Waals surface area contributed by atoms with E-state index >= 15 is 0 Å². The fraction of sp³-hybridized carbons (Fsp3) is 0.167. The molecule has 0 radical (unpaired) electrons. The van der Waals surface area contributed by atoms with Crippen LogP contribution in [0.1, 0.15) is 0 Å². The van der Waals surface area contributed by atoms with Crippen molar-refractivity contribution in [2.24, 2.45) is 0 Å². The average molecular weight is 372 g/mol. The lowest BCUT2D eigenvalue weighted by atomic mass is 10.3. The normalized spacial score (nSPS) is 10.3. The number of nitrogens with zero attached hydrogens (tertiary/aromatic N) is 4. The first-order valence-corrected chi connectivity index (χ1v) is 8.16. The fourth-order valence-corrected chi connectivity index (χ4v) is 2.46. The number of ether oxygens (including phenoxy) is 2. The third-order valence-corrected chi connectivity index (χ3v) is 3.96. The summed E-state index contributed by atoms with van der Waals surface area (Å²) in [5.41, 5.74) is 1.69. The molecule has 7 nitrogen and oxygen atoms in total. The Kier molecular flexibility index (Phi) is 5.38. The summed E-state index contributed by atoms with van der Waals surface area (Å²) in [6.07, 6.45) is 1.46. The second kappa shape index (κ2) is 7.88. The molecule has 8 heteroatoms. The van der Waals surface area contributed by atoms with Gasteiger partial charge in [0.25, 0.3) is 0 Å². The molecule has 0 atom stereocenters. The molecule has 0 bridgehead atoms. The van der Waals surface area contributed by atoms with Gasteiger partial charge in [-0.2, -0.15) is 4.98 Å². The van der Waals surface area contributed by atoms with Gasteiger partial charge in [0.2, 0.25) is 11.9 Å². The van der Waals surface area contributed by atoms with E-state index in [1.807, 2.05) is 54.4 Å². The monoisotopic (exact) mass is 371 g/mol. The molecule has 3 rings (SSSR count). The Morgan fingerprint density at radius 3 is 2.38 bits per heavy atom. The lowest BCUT2D eigenvalue weighted by Crippen LogP contribution is -2.14. The summed E-state index contributed by atoms with van der Waals surface area (Å²) >= 11 is 5.94. The molecule has 2 aromatic carbocycles. The summed E-state index contributed by atoms with van der Waals surface area (Å²) in [7, 11) is 5.05. The van der Waals surface area contributed by atoms with Gasteiger partial charge in [-0.1, -0.05) is 11.6 Å². The molecule has 0 amide bonds. The van der Waals surface area contributed by atoms with Gasteiger partial charge in [0.15, 0.2) is 11.5 Å². The van der Waals surface area contributed by atoms with Gasteiger partial charge < -0.3 is 19.7 Å². The minimum absolute atomic E-state index is 0.419. The molecule has 26 heavy (non-hydrogen) atoms. The molecule has 134 valence electrons. The molecular formula is C18H18ClN5O2. The van der Waals surface area contributed by atoms with Crippen molar-refractivity contribution in [2.75, 3.05) is 31.5 Å². The number of aromatic nitrogens is 3. The fourth-order valence-electron chi connectivity index (χ4n) is 2.33. The number of halogens is 1. The van der Waals surface area contributed by atoms with Crippen LogP contribution in [0.25, 0.3) is 0 Å². The van der Waals surface area contributed by atoms with Crippen LogP contribution in [0.2, 0.25) is 5.02 Å². The molecule has 0 aliphatic rings. The number of nitrogens with one attached hydrogen (secondary N) is 1. The molecule has 0 spiro atoms. The van der Waals surface area contributed by atoms with E-state index in [1.54, 1.807) is 14.2 Å². The predicted octanol–water partition coefficient (Wildman–Crippen LogP) is 4.05. The molecule has 0 aliphatic heterocycles. The highest BCUT2D eigenvalue weighted by molar-refractivity contribution is 6.30. The van der Waals surface area contributed by atoms with Crippen molar-refractivity contribution in [3.05, 3.63) is 53.8 Å². The zero-order valence-corrected chi connectivity index (χ0v) is 15.4. The number of anilines is 4. The summed E-state index contributed by atoms with van der Waals surface area (Å²) in [4.78, 5) is 14.7. The number of hydrogen-bond acceptors (Lipinski definition) is 7. The third-order valence-electron chi connectivity index (χ3n) is 3.71. The van der Waals surface area contributed by atoms with Crippen LogP contribution in [0.15, 0.2) is 48.8 Å². The SMILES string of the molecule is COc1ccc(Nc2ncnc(N(C)c3ccc(Cl)cc3)n2)cc1OC. The molecule has 0 unspecified atom stereocenters. The van der Waals surface area contributed by atoms with E-state index in [0.717, 1.165) is 11.4 Å². The summed E-state index contributed by atoms with van der Waals surface area (Å²) in [6, 6.07) is 12.9. The van der Waals surface area contributed by atoms with Gasteiger partial charge in [0, 0.05) is 29.5 Å². The largest absolute Gasteiger partial charge is 0.493 e. The minimum Gasteiger partial charge on any atom is -0.493 e. The number of rotatable bonds is 6. The Labute approximate surface area is 156 Å². The average Bonchev–Trinajstić information content (AvgIpc) is 2.68. The van der Waals surface area contributed by atoms with Gasteiger partial charge >= 0.3 is 0 Å². The first kappa shape index (κ1) is 17.8. The first-order chi connectivity index (χ1) is 12.6. The third kappa shape index (κ3) is 3.94. The maximum Gasteiger partial charge on any atom is 0.234 e. The van der Waals surface area contributed by atoms with E-state index < -0.39 is 0 Å². The molecule has 0 aliphatic carbocycles. The second-order valence-corrected chi connectivity index (χ2v) is 5.78. The van der Waals surface area contributed by atoms with Crippen LogP contribution in [-0.2, 0) is 0 Å². The van der Waals surface area contributed by atoms with Crippen molar-refractivity contribution in [2.45, 2.75) is 0 Å². The van der Waals surface area contributed by atoms with E-state index in [-0.39, 0.29) is 0 Å². The lowest BCUT2D eigenvalue weighted by Gasteiger charge is -2.17. The summed E-state index contributed by atoms with van der Waals surface area (Å²) in [6.45, 7) is 0. The van der Waals surface area contributed by atoms with E-state index in [4.69, 9.17) is 21.1 Å². The maximum atomic E-state index is 5.94. The standard InChI is InChI=1S/C18H18ClN5O2/c1-24(14-7-4-12(19)5-8-14)18-21-11-20-17(23-18)22-13-6-9-15(25-2)16(10-13)26-3/h4-11H,1-3H3,(H,20,21,22,23). The van der Waals surface area contributed by atoms with Gasteiger partial charge in [0.05, 0.1) is 14.2 Å². The first-order valence-electron chi connectivity index (χ1n) is 7.78. The van der Waals surface area contributed by atoms with Crippen LogP contribution in [0.5, 0.6) is 11.5 Å². The minimum atomic E-state index is 0.419. The zero-order chi connectivity index (χ0) is 18.5. The summed E-state index contributed by atoms with van der Waals surface area (Å²) in [5, 5.41) is 3.81. The Bertz CT molecular complexity index is 889. The van der Waals surface area contributed by atoms with Crippen LogP contribution < -0.4 is 19.7 Å². The predicted molar refractivity (Wildman–Crippen MR) is 102 cm³/mol. The maximum absolute atomic E-state index is 5.94. The van der Waals surface area contributed by atoms with Crippen molar-refractivity contribution < 1.29 is 9.47 Å². The molecule has 1 heterocycles. The highest BCUT2D eigenvalue weighted by atomic mass is 35.5. The molecular weight excluding hydrogens is 354 g/mol. The van der Waals surface area contributed by atoms with Crippen molar-refractivity contribution in [3.63, 3.8) is 0 Å². The van der Waals surface area contributed by atoms with Gasteiger partial charge in [0.1, 0.15) is 6.33 Å². The molecule has 0 fully saturated rings. The van der Waals surface area contributed by atoms with Crippen molar-refractivity contribution in [1.82, 2.24) is 15.0 Å².